The summed E-state index contributed by atoms with van der Waals surface area (Å²) in [7, 11) is -3.57. The summed E-state index contributed by atoms with van der Waals surface area (Å²) in [5.74, 6) is 0. The number of rotatable bonds is 4. The first-order valence-corrected chi connectivity index (χ1v) is 15.7. The van der Waals surface area contributed by atoms with Crippen LogP contribution in [0.15, 0.2) is 46.7 Å². The van der Waals surface area contributed by atoms with Crippen LogP contribution in [0.1, 0.15) is 40.5 Å². The molecule has 0 heterocycles. The molecular formula is C21H36OSi2. The van der Waals surface area contributed by atoms with Gasteiger partial charge in [-0.25, -0.2) is 0 Å². The van der Waals surface area contributed by atoms with Gasteiger partial charge in [-0.3, -0.25) is 0 Å². The van der Waals surface area contributed by atoms with Crippen molar-refractivity contribution in [2.45, 2.75) is 78.5 Å². The van der Waals surface area contributed by atoms with E-state index >= 15 is 0 Å². The molecule has 2 aliphatic carbocycles. The van der Waals surface area contributed by atoms with Gasteiger partial charge < -0.3 is 4.43 Å². The largest absolute Gasteiger partial charge is 0.411 e. The molecule has 0 spiro atoms. The Morgan fingerprint density at radius 2 is 1.67 bits per heavy atom. The summed E-state index contributed by atoms with van der Waals surface area (Å²) in [4.78, 5) is 0. The molecule has 0 N–H and O–H groups in total. The lowest BCUT2D eigenvalue weighted by Gasteiger charge is -2.54. The molecule has 0 saturated carbocycles. The van der Waals surface area contributed by atoms with E-state index < -0.39 is 16.4 Å². The Labute approximate surface area is 151 Å². The lowest BCUT2D eigenvalue weighted by molar-refractivity contribution is 0.150. The van der Waals surface area contributed by atoms with Crippen molar-refractivity contribution in [3.05, 3.63) is 46.7 Å². The van der Waals surface area contributed by atoms with Crippen LogP contribution < -0.4 is 0 Å². The summed E-state index contributed by atoms with van der Waals surface area (Å²) in [6, 6.07) is 0. The van der Waals surface area contributed by atoms with Gasteiger partial charge in [0.15, 0.2) is 8.32 Å². The van der Waals surface area contributed by atoms with Crippen molar-refractivity contribution in [3.8, 4) is 0 Å². The zero-order valence-electron chi connectivity index (χ0n) is 17.2. The highest BCUT2D eigenvalue weighted by Crippen LogP contribution is 2.51. The molecule has 2 rings (SSSR count). The highest BCUT2D eigenvalue weighted by atomic mass is 28.4. The first-order chi connectivity index (χ1) is 10.8. The van der Waals surface area contributed by atoms with E-state index in [1.807, 2.05) is 0 Å². The average Bonchev–Trinajstić information content (AvgIpc) is 2.92. The molecule has 0 bridgehead atoms. The molecule has 24 heavy (non-hydrogen) atoms. The quantitative estimate of drug-likeness (QED) is 0.515. The molecule has 1 nitrogen and oxygen atoms in total. The number of hydrogen-bond acceptors (Lipinski definition) is 1. The second kappa shape index (κ2) is 6.26. The van der Waals surface area contributed by atoms with E-state index in [2.05, 4.69) is 90.8 Å². The number of allylic oxidation sites excluding steroid dienone is 6. The second-order valence-corrected chi connectivity index (χ2v) is 19.0. The van der Waals surface area contributed by atoms with E-state index in [9.17, 15) is 0 Å². The van der Waals surface area contributed by atoms with Crippen molar-refractivity contribution < 1.29 is 4.43 Å². The van der Waals surface area contributed by atoms with Crippen molar-refractivity contribution in [1.29, 1.82) is 0 Å². The maximum absolute atomic E-state index is 7.14. The summed E-state index contributed by atoms with van der Waals surface area (Å²) < 4.78 is 7.14. The van der Waals surface area contributed by atoms with Crippen molar-refractivity contribution in [2.75, 3.05) is 0 Å². The predicted octanol–water partition coefficient (Wildman–Crippen LogP) is 6.57. The molecule has 0 aromatic heterocycles. The van der Waals surface area contributed by atoms with Crippen LogP contribution in [0, 0.1) is 5.41 Å². The van der Waals surface area contributed by atoms with E-state index in [-0.39, 0.29) is 10.6 Å². The first-order valence-electron chi connectivity index (χ1n) is 9.26. The highest BCUT2D eigenvalue weighted by molar-refractivity contribution is 6.89. The van der Waals surface area contributed by atoms with Crippen LogP contribution in [0.4, 0.5) is 0 Å². The Balaban J connectivity index is 2.69. The molecular weight excluding hydrogens is 324 g/mol. The molecule has 0 saturated heterocycles. The fourth-order valence-corrected chi connectivity index (χ4v) is 10.7. The lowest BCUT2D eigenvalue weighted by Crippen LogP contribution is -2.64. The second-order valence-electron chi connectivity index (χ2n) is 9.92. The van der Waals surface area contributed by atoms with Gasteiger partial charge in [-0.2, -0.15) is 0 Å². The average molecular weight is 361 g/mol. The standard InChI is InChI=1S/C21H36OSi2/c1-17-14-15-21(22-23(5,6)7,19(16-17)20(2,3)4)24(8,9)18-12-10-11-13-18/h10,12-14,16H,11,15H2,1-9H3. The van der Waals surface area contributed by atoms with Gasteiger partial charge in [0, 0.05) is 0 Å². The number of hydrogen-bond donors (Lipinski definition) is 0. The van der Waals surface area contributed by atoms with Crippen LogP contribution in [-0.2, 0) is 4.43 Å². The van der Waals surface area contributed by atoms with E-state index in [0.717, 1.165) is 12.8 Å². The van der Waals surface area contributed by atoms with Crippen LogP contribution in [0.25, 0.3) is 0 Å². The third kappa shape index (κ3) is 3.63. The van der Waals surface area contributed by atoms with E-state index in [1.165, 1.54) is 11.1 Å². The molecule has 3 heteroatoms. The van der Waals surface area contributed by atoms with Crippen molar-refractivity contribution in [3.63, 3.8) is 0 Å². The highest BCUT2D eigenvalue weighted by Gasteiger charge is 2.55. The monoisotopic (exact) mass is 360 g/mol. The third-order valence-electron chi connectivity index (χ3n) is 5.31. The van der Waals surface area contributed by atoms with Gasteiger partial charge in [-0.15, -0.1) is 0 Å². The lowest BCUT2D eigenvalue weighted by atomic mass is 9.78. The van der Waals surface area contributed by atoms with Gasteiger partial charge in [-0.1, -0.05) is 75.0 Å². The smallest absolute Gasteiger partial charge is 0.184 e. The molecule has 0 aliphatic heterocycles. The molecule has 1 unspecified atom stereocenters. The van der Waals surface area contributed by atoms with Crippen molar-refractivity contribution in [1.82, 2.24) is 0 Å². The van der Waals surface area contributed by atoms with Crippen LogP contribution in [0.5, 0.6) is 0 Å². The first kappa shape index (κ1) is 19.7. The van der Waals surface area contributed by atoms with Gasteiger partial charge in [0.2, 0.25) is 0 Å². The summed E-state index contributed by atoms with van der Waals surface area (Å²) in [5.41, 5.74) is 3.01. The summed E-state index contributed by atoms with van der Waals surface area (Å²) in [6.45, 7) is 21.3. The topological polar surface area (TPSA) is 9.23 Å². The molecule has 2 aliphatic rings. The minimum Gasteiger partial charge on any atom is -0.411 e. The Kier molecular flexibility index (Phi) is 5.13. The maximum atomic E-state index is 7.14. The van der Waals surface area contributed by atoms with Crippen LogP contribution in [0.3, 0.4) is 0 Å². The molecule has 0 aromatic rings. The third-order valence-corrected chi connectivity index (χ3v) is 10.9. The fourth-order valence-electron chi connectivity index (χ4n) is 4.13. The predicted molar refractivity (Wildman–Crippen MR) is 112 cm³/mol. The molecule has 0 radical (unpaired) electrons. The van der Waals surface area contributed by atoms with Gasteiger partial charge >= 0.3 is 0 Å². The molecule has 1 atom stereocenters. The molecule has 0 aromatic carbocycles. The Bertz CT molecular complexity index is 621. The van der Waals surface area contributed by atoms with Crippen LogP contribution >= 0.6 is 0 Å². The van der Waals surface area contributed by atoms with E-state index in [0.29, 0.717) is 0 Å². The molecule has 0 fully saturated rings. The fraction of sp³-hybridized carbons (Fsp3) is 0.619. The summed E-state index contributed by atoms with van der Waals surface area (Å²) in [5, 5.41) is 1.43. The zero-order valence-corrected chi connectivity index (χ0v) is 19.2. The van der Waals surface area contributed by atoms with E-state index in [1.54, 1.807) is 5.20 Å². The minimum atomic E-state index is -1.86. The van der Waals surface area contributed by atoms with Gasteiger partial charge in [-0.05, 0) is 50.4 Å². The zero-order chi connectivity index (χ0) is 18.4. The van der Waals surface area contributed by atoms with Gasteiger partial charge in [0.1, 0.15) is 8.07 Å². The van der Waals surface area contributed by atoms with Gasteiger partial charge in [0.05, 0.1) is 5.22 Å². The Morgan fingerprint density at radius 1 is 1.04 bits per heavy atom. The van der Waals surface area contributed by atoms with Crippen molar-refractivity contribution >= 4 is 16.4 Å². The van der Waals surface area contributed by atoms with Gasteiger partial charge in [0.25, 0.3) is 0 Å². The van der Waals surface area contributed by atoms with Crippen LogP contribution in [0.2, 0.25) is 32.7 Å². The Hall–Kier alpha value is -0.646. The van der Waals surface area contributed by atoms with Crippen molar-refractivity contribution in [2.24, 2.45) is 5.41 Å². The normalized spacial score (nSPS) is 25.5. The SMILES string of the molecule is CC1=CCC(O[Si](C)(C)C)([Si](C)(C)C2=CCC=C2)C(C(C)(C)C)=C1. The summed E-state index contributed by atoms with van der Waals surface area (Å²) in [6.07, 6.45) is 14.0. The minimum absolute atomic E-state index is 0.113. The summed E-state index contributed by atoms with van der Waals surface area (Å²) >= 11 is 0. The van der Waals surface area contributed by atoms with E-state index in [4.69, 9.17) is 4.43 Å². The molecule has 0 amide bonds. The van der Waals surface area contributed by atoms with Crippen LogP contribution in [-0.4, -0.2) is 21.6 Å². The Morgan fingerprint density at radius 3 is 2.12 bits per heavy atom. The molecule has 134 valence electrons. The maximum Gasteiger partial charge on any atom is 0.184 e.